The Morgan fingerprint density at radius 2 is 1.91 bits per heavy atom. The largest absolute Gasteiger partial charge is 0.508 e. The molecule has 0 radical (unpaired) electrons. The van der Waals surface area contributed by atoms with Crippen LogP contribution in [-0.4, -0.2) is 44.5 Å². The zero-order valence-electron chi connectivity index (χ0n) is 17.8. The quantitative estimate of drug-likeness (QED) is 0.462. The van der Waals surface area contributed by atoms with E-state index in [0.29, 0.717) is 40.3 Å². The van der Waals surface area contributed by atoms with Crippen molar-refractivity contribution in [2.75, 3.05) is 19.5 Å². The Hall–Kier alpha value is -4.01. The second kappa shape index (κ2) is 7.92. The smallest absolute Gasteiger partial charge is 0.335 e. The molecule has 0 bridgehead atoms. The predicted octanol–water partition coefficient (Wildman–Crippen LogP) is 2.93. The molecule has 1 aliphatic carbocycles. The minimum Gasteiger partial charge on any atom is -0.508 e. The Morgan fingerprint density at radius 1 is 1.12 bits per heavy atom. The second-order valence-corrected chi connectivity index (χ2v) is 7.69. The lowest BCUT2D eigenvalue weighted by molar-refractivity contribution is 0.405. The molecule has 9 nitrogen and oxygen atoms in total. The van der Waals surface area contributed by atoms with Gasteiger partial charge in [-0.2, -0.15) is 4.98 Å². The van der Waals surface area contributed by atoms with Crippen molar-refractivity contribution in [1.29, 1.82) is 0 Å². The number of methoxy groups -OCH3 is 2. The molecule has 5 rings (SSSR count). The highest BCUT2D eigenvalue weighted by atomic mass is 16.5. The van der Waals surface area contributed by atoms with Gasteiger partial charge in [0.25, 0.3) is 0 Å². The molecule has 1 aliphatic rings. The van der Waals surface area contributed by atoms with Crippen LogP contribution in [0.2, 0.25) is 0 Å². The summed E-state index contributed by atoms with van der Waals surface area (Å²) in [5.41, 5.74) is 2.07. The van der Waals surface area contributed by atoms with Gasteiger partial charge in [-0.15, -0.1) is 0 Å². The molecule has 1 fully saturated rings. The molecule has 32 heavy (non-hydrogen) atoms. The first-order valence-corrected chi connectivity index (χ1v) is 10.3. The van der Waals surface area contributed by atoms with E-state index in [1.807, 2.05) is 24.3 Å². The van der Waals surface area contributed by atoms with Crippen LogP contribution in [0.3, 0.4) is 0 Å². The molecule has 0 aliphatic heterocycles. The fourth-order valence-corrected chi connectivity index (χ4v) is 3.74. The standard InChI is InChI=1S/C23H23N5O4/c1-31-19-6-4-3-5-14(19)13-27-18-12-24-22(25-15-7-8-15)26-21(18)28(23(27)30)17-10-9-16(29)11-20(17)32-2/h3-6,9-12,15,29H,7-8,13H2,1-2H3,(H,24,25,26). The number of hydrogen-bond acceptors (Lipinski definition) is 7. The van der Waals surface area contributed by atoms with Crippen molar-refractivity contribution in [3.05, 3.63) is 64.7 Å². The average molecular weight is 433 g/mol. The van der Waals surface area contributed by atoms with Gasteiger partial charge in [-0.25, -0.2) is 14.3 Å². The Bertz CT molecular complexity index is 1360. The van der Waals surface area contributed by atoms with Crippen molar-refractivity contribution in [3.63, 3.8) is 0 Å². The Labute approximate surface area is 183 Å². The molecule has 4 aromatic rings. The van der Waals surface area contributed by atoms with E-state index < -0.39 is 0 Å². The minimum absolute atomic E-state index is 0.0436. The van der Waals surface area contributed by atoms with Gasteiger partial charge < -0.3 is 19.9 Å². The van der Waals surface area contributed by atoms with Crippen LogP contribution in [0.1, 0.15) is 18.4 Å². The van der Waals surface area contributed by atoms with Gasteiger partial charge in [0.05, 0.1) is 32.6 Å². The molecule has 1 saturated carbocycles. The topological polar surface area (TPSA) is 103 Å². The van der Waals surface area contributed by atoms with Gasteiger partial charge in [-0.1, -0.05) is 18.2 Å². The Kier molecular flexibility index (Phi) is 4.93. The number of benzene rings is 2. The Morgan fingerprint density at radius 3 is 2.66 bits per heavy atom. The van der Waals surface area contributed by atoms with E-state index in [4.69, 9.17) is 9.47 Å². The molecule has 0 saturated heterocycles. The number of phenolic OH excluding ortho intramolecular Hbond substituents is 1. The van der Waals surface area contributed by atoms with Crippen LogP contribution in [0.5, 0.6) is 17.2 Å². The van der Waals surface area contributed by atoms with Crippen molar-refractivity contribution in [2.24, 2.45) is 0 Å². The van der Waals surface area contributed by atoms with E-state index in [-0.39, 0.29) is 18.0 Å². The number of rotatable bonds is 7. The molecule has 2 aromatic carbocycles. The number of phenols is 1. The maximum Gasteiger partial charge on any atom is 0.335 e. The molecule has 0 atom stereocenters. The number of nitrogens with one attached hydrogen (secondary N) is 1. The minimum atomic E-state index is -0.298. The molecular formula is C23H23N5O4. The molecule has 164 valence electrons. The van der Waals surface area contributed by atoms with Gasteiger partial charge >= 0.3 is 5.69 Å². The van der Waals surface area contributed by atoms with Crippen LogP contribution in [-0.2, 0) is 6.54 Å². The van der Waals surface area contributed by atoms with Crippen molar-refractivity contribution in [3.8, 4) is 22.9 Å². The van der Waals surface area contributed by atoms with Crippen LogP contribution in [0.15, 0.2) is 53.5 Å². The molecule has 0 spiro atoms. The van der Waals surface area contributed by atoms with E-state index in [2.05, 4.69) is 15.3 Å². The number of anilines is 1. The van der Waals surface area contributed by atoms with Gasteiger partial charge in [0.1, 0.15) is 22.8 Å². The summed E-state index contributed by atoms with van der Waals surface area (Å²) in [6.45, 7) is 0.283. The van der Waals surface area contributed by atoms with E-state index in [1.165, 1.54) is 23.8 Å². The fourth-order valence-electron chi connectivity index (χ4n) is 3.74. The number of imidazole rings is 1. The van der Waals surface area contributed by atoms with Crippen LogP contribution in [0.25, 0.3) is 16.9 Å². The summed E-state index contributed by atoms with van der Waals surface area (Å²) >= 11 is 0. The first-order chi connectivity index (χ1) is 15.6. The van der Waals surface area contributed by atoms with E-state index >= 15 is 0 Å². The molecule has 2 aromatic heterocycles. The number of hydrogen-bond donors (Lipinski definition) is 2. The highest BCUT2D eigenvalue weighted by Crippen LogP contribution is 2.30. The maximum absolute atomic E-state index is 13.7. The highest BCUT2D eigenvalue weighted by molar-refractivity contribution is 5.75. The van der Waals surface area contributed by atoms with Crippen molar-refractivity contribution in [1.82, 2.24) is 19.1 Å². The summed E-state index contributed by atoms with van der Waals surface area (Å²) in [6, 6.07) is 12.5. The summed E-state index contributed by atoms with van der Waals surface area (Å²) < 4.78 is 14.0. The molecule has 0 unspecified atom stereocenters. The van der Waals surface area contributed by atoms with Crippen molar-refractivity contribution in [2.45, 2.75) is 25.4 Å². The normalized spacial score (nSPS) is 13.3. The lowest BCUT2D eigenvalue weighted by Gasteiger charge is -2.10. The molecular weight excluding hydrogens is 410 g/mol. The second-order valence-electron chi connectivity index (χ2n) is 7.69. The number of nitrogens with zero attached hydrogens (tertiary/aromatic N) is 4. The maximum atomic E-state index is 13.7. The number of aromatic nitrogens is 4. The van der Waals surface area contributed by atoms with Gasteiger partial charge in [0.2, 0.25) is 5.95 Å². The summed E-state index contributed by atoms with van der Waals surface area (Å²) in [6.07, 6.45) is 3.82. The summed E-state index contributed by atoms with van der Waals surface area (Å²) in [5, 5.41) is 13.2. The SMILES string of the molecule is COc1ccccc1Cn1c(=O)n(-c2ccc(O)cc2OC)c2nc(NC3CC3)ncc21. The average Bonchev–Trinajstić information content (AvgIpc) is 3.58. The van der Waals surface area contributed by atoms with Crippen molar-refractivity contribution >= 4 is 17.1 Å². The molecule has 2 N–H and O–H groups in total. The zero-order chi connectivity index (χ0) is 22.2. The van der Waals surface area contributed by atoms with Crippen LogP contribution in [0.4, 0.5) is 5.95 Å². The first-order valence-electron chi connectivity index (χ1n) is 10.3. The number of aromatic hydroxyl groups is 1. The van der Waals surface area contributed by atoms with Gasteiger partial charge in [0, 0.05) is 17.7 Å². The first kappa shape index (κ1) is 19.9. The number of para-hydroxylation sites is 1. The monoisotopic (exact) mass is 433 g/mol. The third-order valence-corrected chi connectivity index (χ3v) is 5.51. The van der Waals surface area contributed by atoms with E-state index in [0.717, 1.165) is 18.4 Å². The summed E-state index contributed by atoms with van der Waals surface area (Å²) in [7, 11) is 3.09. The molecule has 0 amide bonds. The van der Waals surface area contributed by atoms with E-state index in [9.17, 15) is 9.90 Å². The molecule has 9 heteroatoms. The van der Waals surface area contributed by atoms with E-state index in [1.54, 1.807) is 23.9 Å². The third-order valence-electron chi connectivity index (χ3n) is 5.51. The lowest BCUT2D eigenvalue weighted by atomic mass is 10.2. The lowest BCUT2D eigenvalue weighted by Crippen LogP contribution is -2.24. The summed E-state index contributed by atoms with van der Waals surface area (Å²) in [4.78, 5) is 22.8. The van der Waals surface area contributed by atoms with Gasteiger partial charge in [-0.3, -0.25) is 4.57 Å². The summed E-state index contributed by atoms with van der Waals surface area (Å²) in [5.74, 6) is 1.57. The van der Waals surface area contributed by atoms with Gasteiger partial charge in [-0.05, 0) is 31.0 Å². The van der Waals surface area contributed by atoms with Crippen molar-refractivity contribution < 1.29 is 14.6 Å². The zero-order valence-corrected chi connectivity index (χ0v) is 17.8. The fraction of sp³-hybridized carbons (Fsp3) is 0.261. The molecule has 2 heterocycles. The van der Waals surface area contributed by atoms with Crippen LogP contribution >= 0.6 is 0 Å². The number of fused-ring (bicyclic) bond motifs is 1. The van der Waals surface area contributed by atoms with Crippen LogP contribution < -0.4 is 20.5 Å². The highest BCUT2D eigenvalue weighted by Gasteiger charge is 2.24. The Balaban J connectivity index is 1.73. The number of ether oxygens (including phenoxy) is 2. The third kappa shape index (κ3) is 3.51. The van der Waals surface area contributed by atoms with Crippen LogP contribution in [0, 0.1) is 0 Å². The van der Waals surface area contributed by atoms with Gasteiger partial charge in [0.15, 0.2) is 5.65 Å². The predicted molar refractivity (Wildman–Crippen MR) is 120 cm³/mol.